The van der Waals surface area contributed by atoms with Crippen molar-refractivity contribution >= 4 is 5.82 Å². The highest BCUT2D eigenvalue weighted by atomic mass is 15.3. The van der Waals surface area contributed by atoms with Crippen LogP contribution in [-0.4, -0.2) is 60.7 Å². The number of piperazine rings is 1. The fourth-order valence-electron chi connectivity index (χ4n) is 3.04. The average Bonchev–Trinajstić information content (AvgIpc) is 2.67. The van der Waals surface area contributed by atoms with Gasteiger partial charge in [0.25, 0.3) is 0 Å². The van der Waals surface area contributed by atoms with Crippen LogP contribution in [0.25, 0.3) is 0 Å². The van der Waals surface area contributed by atoms with Gasteiger partial charge in [-0.2, -0.15) is 0 Å². The third kappa shape index (κ3) is 6.83. The van der Waals surface area contributed by atoms with Gasteiger partial charge in [-0.05, 0) is 31.8 Å². The third-order valence-corrected chi connectivity index (χ3v) is 4.22. The van der Waals surface area contributed by atoms with E-state index >= 15 is 0 Å². The van der Waals surface area contributed by atoms with Crippen LogP contribution in [0.4, 0.5) is 5.82 Å². The number of aromatic nitrogens is 2. The minimum absolute atomic E-state index is 0.893. The van der Waals surface area contributed by atoms with Gasteiger partial charge in [-0.1, -0.05) is 27.7 Å². The van der Waals surface area contributed by atoms with E-state index < -0.39 is 0 Å². The molecule has 5 heteroatoms. The summed E-state index contributed by atoms with van der Waals surface area (Å²) in [4.78, 5) is 13.5. The van der Waals surface area contributed by atoms with E-state index in [0.717, 1.165) is 37.9 Å². The van der Waals surface area contributed by atoms with E-state index in [9.17, 15) is 0 Å². The van der Waals surface area contributed by atoms with E-state index in [-0.39, 0.29) is 0 Å². The molecule has 5 nitrogen and oxygen atoms in total. The van der Waals surface area contributed by atoms with Crippen molar-refractivity contribution < 1.29 is 0 Å². The van der Waals surface area contributed by atoms with Crippen molar-refractivity contribution in [3.8, 4) is 0 Å². The predicted octanol–water partition coefficient (Wildman–Crippen LogP) is 2.65. The van der Waals surface area contributed by atoms with E-state index in [2.05, 4.69) is 25.1 Å². The normalized spacial score (nSPS) is 19.2. The summed E-state index contributed by atoms with van der Waals surface area (Å²) < 4.78 is 0. The van der Waals surface area contributed by atoms with Crippen molar-refractivity contribution in [2.24, 2.45) is 5.92 Å². The van der Waals surface area contributed by atoms with Gasteiger partial charge in [0.05, 0.1) is 6.20 Å². The molecule has 0 saturated carbocycles. The second-order valence-electron chi connectivity index (χ2n) is 5.54. The Balaban J connectivity index is 0.000000615. The summed E-state index contributed by atoms with van der Waals surface area (Å²) in [6, 6.07) is 0. The van der Waals surface area contributed by atoms with Crippen molar-refractivity contribution in [1.29, 1.82) is 0 Å². The fraction of sp³-hybridized carbons (Fsp3) is 0.778. The van der Waals surface area contributed by atoms with E-state index in [4.69, 9.17) is 0 Å². The molecule has 23 heavy (non-hydrogen) atoms. The minimum atomic E-state index is 0.893. The Morgan fingerprint density at radius 2 is 1.65 bits per heavy atom. The molecule has 2 aliphatic rings. The molecule has 2 aliphatic heterocycles. The highest BCUT2D eigenvalue weighted by Gasteiger charge is 2.21. The molecular weight excluding hydrogens is 286 g/mol. The molecule has 3 heterocycles. The third-order valence-electron chi connectivity index (χ3n) is 4.22. The minimum Gasteiger partial charge on any atom is -0.353 e. The van der Waals surface area contributed by atoms with Crippen LogP contribution in [0.1, 0.15) is 40.5 Å². The van der Waals surface area contributed by atoms with Gasteiger partial charge in [0.2, 0.25) is 0 Å². The lowest BCUT2D eigenvalue weighted by Gasteiger charge is -2.37. The lowest BCUT2D eigenvalue weighted by molar-refractivity contribution is 0.196. The van der Waals surface area contributed by atoms with Crippen LogP contribution >= 0.6 is 0 Å². The molecule has 1 aromatic rings. The summed E-state index contributed by atoms with van der Waals surface area (Å²) in [7, 11) is 0. The van der Waals surface area contributed by atoms with E-state index in [0.29, 0.717) is 0 Å². The zero-order valence-corrected chi connectivity index (χ0v) is 15.5. The summed E-state index contributed by atoms with van der Waals surface area (Å²) in [6.45, 7) is 16.1. The van der Waals surface area contributed by atoms with Crippen LogP contribution in [0.2, 0.25) is 0 Å². The Bertz CT molecular complexity index is 370. The molecule has 0 amide bonds. The fourth-order valence-corrected chi connectivity index (χ4v) is 3.04. The summed E-state index contributed by atoms with van der Waals surface area (Å²) in [5.41, 5.74) is 0. The molecule has 0 atom stereocenters. The van der Waals surface area contributed by atoms with Crippen molar-refractivity contribution in [1.82, 2.24) is 20.2 Å². The van der Waals surface area contributed by atoms with Crippen LogP contribution in [-0.2, 0) is 0 Å². The van der Waals surface area contributed by atoms with Crippen LogP contribution < -0.4 is 10.2 Å². The van der Waals surface area contributed by atoms with Crippen molar-refractivity contribution in [2.45, 2.75) is 40.5 Å². The predicted molar refractivity (Wildman–Crippen MR) is 99.0 cm³/mol. The maximum Gasteiger partial charge on any atom is 0.147 e. The zero-order chi connectivity index (χ0) is 16.9. The highest BCUT2D eigenvalue weighted by molar-refractivity contribution is 5.35. The monoisotopic (exact) mass is 321 g/mol. The molecule has 0 unspecified atom stereocenters. The Morgan fingerprint density at radius 3 is 2.22 bits per heavy atom. The number of hydrogen-bond donors (Lipinski definition) is 1. The van der Waals surface area contributed by atoms with Gasteiger partial charge in [0.1, 0.15) is 5.82 Å². The molecule has 1 aromatic heterocycles. The summed E-state index contributed by atoms with van der Waals surface area (Å²) in [5, 5.41) is 3.44. The molecule has 2 fully saturated rings. The van der Waals surface area contributed by atoms with E-state index in [1.165, 1.54) is 32.5 Å². The standard InChI is InChI=1S/C14H23N5.2C2H6/c1-3-15-4-2-13(1)12-18-7-9-19(10-8-18)14-11-16-5-6-17-14;2*1-2/h5-6,11,13,15H,1-4,7-10,12H2;2*1-2H3. The lowest BCUT2D eigenvalue weighted by Crippen LogP contribution is -2.48. The highest BCUT2D eigenvalue weighted by Crippen LogP contribution is 2.16. The van der Waals surface area contributed by atoms with Gasteiger partial charge in [-0.15, -0.1) is 0 Å². The van der Waals surface area contributed by atoms with Crippen LogP contribution in [0, 0.1) is 5.92 Å². The zero-order valence-electron chi connectivity index (χ0n) is 15.5. The van der Waals surface area contributed by atoms with Crippen LogP contribution in [0.5, 0.6) is 0 Å². The summed E-state index contributed by atoms with van der Waals surface area (Å²) in [5.74, 6) is 1.91. The molecule has 0 bridgehead atoms. The lowest BCUT2D eigenvalue weighted by atomic mass is 9.97. The van der Waals surface area contributed by atoms with Crippen LogP contribution in [0.15, 0.2) is 18.6 Å². The molecule has 0 radical (unpaired) electrons. The van der Waals surface area contributed by atoms with Gasteiger partial charge in [-0.3, -0.25) is 9.88 Å². The maximum absolute atomic E-state index is 4.38. The van der Waals surface area contributed by atoms with Gasteiger partial charge in [0, 0.05) is 45.1 Å². The quantitative estimate of drug-likeness (QED) is 0.927. The second kappa shape index (κ2) is 12.3. The van der Waals surface area contributed by atoms with Gasteiger partial charge < -0.3 is 10.2 Å². The molecule has 0 spiro atoms. The Morgan fingerprint density at radius 1 is 1.00 bits per heavy atom. The largest absolute Gasteiger partial charge is 0.353 e. The summed E-state index contributed by atoms with van der Waals surface area (Å²) in [6.07, 6.45) is 8.05. The Labute approximate surface area is 142 Å². The number of anilines is 1. The molecule has 132 valence electrons. The first-order valence-electron chi connectivity index (χ1n) is 9.36. The molecule has 2 saturated heterocycles. The van der Waals surface area contributed by atoms with E-state index in [1.807, 2.05) is 33.9 Å². The second-order valence-corrected chi connectivity index (χ2v) is 5.54. The first-order chi connectivity index (χ1) is 11.4. The van der Waals surface area contributed by atoms with Gasteiger partial charge in [0.15, 0.2) is 0 Å². The van der Waals surface area contributed by atoms with Crippen LogP contribution in [0.3, 0.4) is 0 Å². The number of hydrogen-bond acceptors (Lipinski definition) is 5. The number of piperidine rings is 1. The Kier molecular flexibility index (Phi) is 10.6. The SMILES string of the molecule is CC.CC.c1cnc(N2CCN(CC3CCNCC3)CC2)cn1. The number of nitrogens with zero attached hydrogens (tertiary/aromatic N) is 4. The van der Waals surface area contributed by atoms with Gasteiger partial charge in [-0.25, -0.2) is 4.98 Å². The van der Waals surface area contributed by atoms with Gasteiger partial charge >= 0.3 is 0 Å². The Hall–Kier alpha value is -1.20. The number of nitrogens with one attached hydrogen (secondary N) is 1. The smallest absolute Gasteiger partial charge is 0.147 e. The van der Waals surface area contributed by atoms with Crippen molar-refractivity contribution in [3.63, 3.8) is 0 Å². The molecule has 0 aromatic carbocycles. The molecular formula is C18H35N5. The maximum atomic E-state index is 4.38. The first-order valence-corrected chi connectivity index (χ1v) is 9.36. The average molecular weight is 322 g/mol. The summed E-state index contributed by atoms with van der Waals surface area (Å²) >= 11 is 0. The molecule has 3 rings (SSSR count). The molecule has 0 aliphatic carbocycles. The van der Waals surface area contributed by atoms with Crippen molar-refractivity contribution in [2.75, 3.05) is 50.7 Å². The first kappa shape index (κ1) is 19.8. The van der Waals surface area contributed by atoms with E-state index in [1.54, 1.807) is 12.4 Å². The van der Waals surface area contributed by atoms with Crippen molar-refractivity contribution in [3.05, 3.63) is 18.6 Å². The molecule has 1 N–H and O–H groups in total. The topological polar surface area (TPSA) is 44.3 Å². The number of rotatable bonds is 3.